The summed E-state index contributed by atoms with van der Waals surface area (Å²) in [5.74, 6) is -2.13. The lowest BCUT2D eigenvalue weighted by molar-refractivity contribution is -0.105. The molecule has 0 atom stereocenters. The van der Waals surface area contributed by atoms with Gasteiger partial charge in [-0.3, -0.25) is 19.0 Å². The number of halogens is 2. The third-order valence-corrected chi connectivity index (χ3v) is 2.93. The monoisotopic (exact) mass is 339 g/mol. The van der Waals surface area contributed by atoms with Crippen LogP contribution in [0.25, 0.3) is 0 Å². The summed E-state index contributed by atoms with van der Waals surface area (Å²) in [7, 11) is 1.22. The molecule has 1 aromatic heterocycles. The maximum Gasteiger partial charge on any atom is 0.289 e. The largest absolute Gasteiger partial charge is 0.365 e. The number of nitrogens with zero attached hydrogens (tertiary/aromatic N) is 1. The van der Waals surface area contributed by atoms with E-state index in [-0.39, 0.29) is 21.4 Å². The average molecular weight is 339 g/mol. The number of hydrogen-bond donors (Lipinski definition) is 2. The molecular weight excluding hydrogens is 332 g/mol. The van der Waals surface area contributed by atoms with E-state index in [1.807, 2.05) is 0 Å². The van der Waals surface area contributed by atoms with E-state index in [0.29, 0.717) is 0 Å². The minimum atomic E-state index is -1.08. The van der Waals surface area contributed by atoms with Crippen molar-refractivity contribution in [2.24, 2.45) is 12.8 Å². The van der Waals surface area contributed by atoms with Crippen LogP contribution in [-0.2, 0) is 11.8 Å². The van der Waals surface area contributed by atoms with E-state index >= 15 is 0 Å². The molecule has 1 aromatic rings. The highest BCUT2D eigenvalue weighted by atomic mass is 127. The zero-order valence-corrected chi connectivity index (χ0v) is 10.2. The Morgan fingerprint density at radius 3 is 2.62 bits per heavy atom. The zero-order chi connectivity index (χ0) is 12.5. The van der Waals surface area contributed by atoms with Gasteiger partial charge in [-0.15, -0.1) is 0 Å². The van der Waals surface area contributed by atoms with Gasteiger partial charge in [-0.2, -0.15) is 4.39 Å². The predicted molar refractivity (Wildman–Crippen MR) is 62.6 cm³/mol. The number of aromatic nitrogens is 1. The second-order valence-corrected chi connectivity index (χ2v) is 3.92. The lowest BCUT2D eigenvalue weighted by Crippen LogP contribution is -2.29. The predicted octanol–water partition coefficient (Wildman–Crippen LogP) is -0.204. The quantitative estimate of drug-likeness (QED) is 0.590. The molecule has 0 aliphatic carbocycles. The topological polar surface area (TPSA) is 94.2 Å². The molecule has 0 aliphatic rings. The first kappa shape index (κ1) is 12.6. The van der Waals surface area contributed by atoms with Gasteiger partial charge in [0.15, 0.2) is 0 Å². The van der Waals surface area contributed by atoms with Crippen LogP contribution < -0.4 is 16.6 Å². The number of rotatable bonds is 3. The summed E-state index contributed by atoms with van der Waals surface area (Å²) in [4.78, 5) is 32.8. The Morgan fingerprint density at radius 1 is 1.62 bits per heavy atom. The molecule has 0 fully saturated rings. The fourth-order valence-electron chi connectivity index (χ4n) is 1.17. The maximum absolute atomic E-state index is 13.4. The Kier molecular flexibility index (Phi) is 3.62. The van der Waals surface area contributed by atoms with Gasteiger partial charge in [0, 0.05) is 7.05 Å². The third kappa shape index (κ3) is 1.92. The Hall–Kier alpha value is -1.45. The molecule has 2 amide bonds. The summed E-state index contributed by atoms with van der Waals surface area (Å²) in [6.07, 6.45) is 0.273. The number of carbonyl (C=O) groups is 2. The summed E-state index contributed by atoms with van der Waals surface area (Å²) < 4.78 is 14.0. The third-order valence-electron chi connectivity index (χ3n) is 1.92. The van der Waals surface area contributed by atoms with Gasteiger partial charge >= 0.3 is 0 Å². The molecule has 3 N–H and O–H groups in total. The molecule has 1 rings (SSSR count). The Morgan fingerprint density at radius 2 is 2.19 bits per heavy atom. The minimum absolute atomic E-state index is 0.127. The van der Waals surface area contributed by atoms with Crippen LogP contribution in [0.1, 0.15) is 10.4 Å². The number of amides is 2. The summed E-state index contributed by atoms with van der Waals surface area (Å²) in [5.41, 5.74) is 3.88. The van der Waals surface area contributed by atoms with Gasteiger partial charge in [0.1, 0.15) is 5.82 Å². The average Bonchev–Trinajstić information content (AvgIpc) is 2.23. The molecule has 0 aliphatic heterocycles. The van der Waals surface area contributed by atoms with Crippen LogP contribution in [0.2, 0.25) is 0 Å². The minimum Gasteiger partial charge on any atom is -0.365 e. The molecule has 86 valence electrons. The second kappa shape index (κ2) is 4.60. The van der Waals surface area contributed by atoms with Crippen LogP contribution in [0.3, 0.4) is 0 Å². The number of hydrogen-bond acceptors (Lipinski definition) is 3. The lowest BCUT2D eigenvalue weighted by atomic mass is 10.2. The van der Waals surface area contributed by atoms with Gasteiger partial charge in [-0.1, -0.05) is 0 Å². The van der Waals surface area contributed by atoms with E-state index in [1.54, 1.807) is 0 Å². The Labute approximate surface area is 103 Å². The smallest absolute Gasteiger partial charge is 0.289 e. The van der Waals surface area contributed by atoms with Crippen molar-refractivity contribution in [2.45, 2.75) is 0 Å². The van der Waals surface area contributed by atoms with Crippen LogP contribution in [-0.4, -0.2) is 16.9 Å². The van der Waals surface area contributed by atoms with Crippen LogP contribution in [0.5, 0.6) is 0 Å². The first-order chi connectivity index (χ1) is 7.41. The van der Waals surface area contributed by atoms with Crippen molar-refractivity contribution in [2.75, 3.05) is 5.32 Å². The fourth-order valence-corrected chi connectivity index (χ4v) is 1.93. The van der Waals surface area contributed by atoms with Crippen molar-refractivity contribution < 1.29 is 14.0 Å². The van der Waals surface area contributed by atoms with Crippen molar-refractivity contribution in [1.29, 1.82) is 0 Å². The van der Waals surface area contributed by atoms with E-state index < -0.39 is 17.3 Å². The number of anilines is 1. The maximum atomic E-state index is 13.4. The highest BCUT2D eigenvalue weighted by Gasteiger charge is 2.22. The summed E-state index contributed by atoms with van der Waals surface area (Å²) >= 11 is 1.48. The standard InChI is InChI=1S/C8H7FIN3O3/c1-13-7(12-2-14)3(6(11)15)5(10)4(9)8(13)16/h2H,1H3,(H2,11,15)(H,12,14). The molecule has 0 spiro atoms. The Bertz CT molecular complexity index is 526. The molecule has 0 radical (unpaired) electrons. The van der Waals surface area contributed by atoms with Crippen molar-refractivity contribution >= 4 is 40.7 Å². The molecule has 6 nitrogen and oxygen atoms in total. The summed E-state index contributed by atoms with van der Waals surface area (Å²) in [5, 5.41) is 2.14. The lowest BCUT2D eigenvalue weighted by Gasteiger charge is -2.12. The normalized spacial score (nSPS) is 9.94. The molecule has 0 saturated heterocycles. The highest BCUT2D eigenvalue weighted by molar-refractivity contribution is 14.1. The van der Waals surface area contributed by atoms with Crippen molar-refractivity contribution in [3.8, 4) is 0 Å². The molecule has 16 heavy (non-hydrogen) atoms. The zero-order valence-electron chi connectivity index (χ0n) is 8.08. The van der Waals surface area contributed by atoms with Gasteiger partial charge in [-0.25, -0.2) is 0 Å². The molecule has 8 heteroatoms. The van der Waals surface area contributed by atoms with E-state index in [2.05, 4.69) is 5.32 Å². The Balaban J connectivity index is 3.75. The number of nitrogens with two attached hydrogens (primary N) is 1. The fraction of sp³-hybridized carbons (Fsp3) is 0.125. The number of carbonyl (C=O) groups excluding carboxylic acids is 2. The SMILES string of the molecule is Cn1c(NC=O)c(C(N)=O)c(I)c(F)c1=O. The number of pyridine rings is 1. The summed E-state index contributed by atoms with van der Waals surface area (Å²) in [6.45, 7) is 0. The molecule has 0 unspecified atom stereocenters. The number of nitrogens with one attached hydrogen (secondary N) is 1. The van der Waals surface area contributed by atoms with Crippen LogP contribution in [0, 0.1) is 9.39 Å². The van der Waals surface area contributed by atoms with Gasteiger partial charge in [-0.05, 0) is 22.6 Å². The van der Waals surface area contributed by atoms with Gasteiger partial charge in [0.25, 0.3) is 11.5 Å². The van der Waals surface area contributed by atoms with E-state index in [1.165, 1.54) is 29.6 Å². The van der Waals surface area contributed by atoms with Gasteiger partial charge in [0.2, 0.25) is 12.2 Å². The van der Waals surface area contributed by atoms with Crippen LogP contribution in [0.15, 0.2) is 4.79 Å². The molecular formula is C8H7FIN3O3. The van der Waals surface area contributed by atoms with Gasteiger partial charge < -0.3 is 11.1 Å². The van der Waals surface area contributed by atoms with E-state index in [4.69, 9.17) is 5.73 Å². The summed E-state index contributed by atoms with van der Waals surface area (Å²) in [6, 6.07) is 0. The highest BCUT2D eigenvalue weighted by Crippen LogP contribution is 2.20. The van der Waals surface area contributed by atoms with E-state index in [0.717, 1.165) is 4.57 Å². The van der Waals surface area contributed by atoms with Gasteiger partial charge in [0.05, 0.1) is 9.13 Å². The van der Waals surface area contributed by atoms with Crippen LogP contribution in [0.4, 0.5) is 10.2 Å². The molecule has 0 saturated carbocycles. The first-order valence-electron chi connectivity index (χ1n) is 3.99. The molecule has 0 bridgehead atoms. The van der Waals surface area contributed by atoms with E-state index in [9.17, 15) is 18.8 Å². The second-order valence-electron chi connectivity index (χ2n) is 2.84. The first-order valence-corrected chi connectivity index (χ1v) is 5.07. The van der Waals surface area contributed by atoms with Crippen molar-refractivity contribution in [3.63, 3.8) is 0 Å². The molecule has 1 heterocycles. The van der Waals surface area contributed by atoms with Crippen molar-refractivity contribution in [3.05, 3.63) is 25.3 Å². The van der Waals surface area contributed by atoms with Crippen molar-refractivity contribution in [1.82, 2.24) is 4.57 Å². The van der Waals surface area contributed by atoms with Crippen LogP contribution >= 0.6 is 22.6 Å². The number of primary amides is 1. The molecule has 0 aromatic carbocycles.